The third-order valence-electron chi connectivity index (χ3n) is 4.73. The maximum atomic E-state index is 12.6. The Morgan fingerprint density at radius 2 is 1.94 bits per heavy atom. The molecule has 0 bridgehead atoms. The number of anilines is 1. The number of amides is 3. The van der Waals surface area contributed by atoms with Crippen LogP contribution in [0.3, 0.4) is 0 Å². The highest BCUT2D eigenvalue weighted by molar-refractivity contribution is 6.24. The number of pyridine rings is 1. The minimum atomic E-state index is -0.875. The summed E-state index contributed by atoms with van der Waals surface area (Å²) in [5.41, 5.74) is 1.24. The molecule has 156 valence electrons. The van der Waals surface area contributed by atoms with Gasteiger partial charge in [0.1, 0.15) is 12.1 Å². The minimum absolute atomic E-state index is 0.0945. The zero-order valence-corrected chi connectivity index (χ0v) is 16.5. The van der Waals surface area contributed by atoms with Crippen LogP contribution in [0.1, 0.15) is 32.1 Å². The molecule has 0 fully saturated rings. The minimum Gasteiger partial charge on any atom is -0.323 e. The molecule has 11 nitrogen and oxygen atoms in total. The van der Waals surface area contributed by atoms with Crippen LogP contribution in [0.2, 0.25) is 0 Å². The second-order valence-corrected chi connectivity index (χ2v) is 6.95. The molecule has 0 atom stereocenters. The largest absolute Gasteiger partial charge is 0.323 e. The smallest absolute Gasteiger partial charge is 0.282 e. The number of nitro groups is 1. The van der Waals surface area contributed by atoms with Gasteiger partial charge in [0.2, 0.25) is 5.91 Å². The van der Waals surface area contributed by atoms with Crippen molar-refractivity contribution in [2.24, 2.45) is 0 Å². The van der Waals surface area contributed by atoms with Crippen LogP contribution in [0.4, 0.5) is 11.4 Å². The molecule has 1 aliphatic rings. The van der Waals surface area contributed by atoms with Crippen LogP contribution in [-0.4, -0.2) is 48.9 Å². The van der Waals surface area contributed by atoms with Gasteiger partial charge in [-0.15, -0.1) is 0 Å². The first-order chi connectivity index (χ1) is 14.8. The maximum Gasteiger partial charge on any atom is 0.282 e. The molecule has 3 aromatic rings. The van der Waals surface area contributed by atoms with Crippen molar-refractivity contribution in [3.05, 3.63) is 75.2 Å². The van der Waals surface area contributed by atoms with Crippen molar-refractivity contribution < 1.29 is 19.3 Å². The zero-order chi connectivity index (χ0) is 22.3. The number of benzene rings is 1. The monoisotopic (exact) mass is 420 g/mol. The Bertz CT molecular complexity index is 1250. The van der Waals surface area contributed by atoms with E-state index < -0.39 is 34.9 Å². The fraction of sp³-hybridized carbons (Fsp3) is 0.150. The fourth-order valence-electron chi connectivity index (χ4n) is 3.40. The quantitative estimate of drug-likeness (QED) is 0.378. The first-order valence-corrected chi connectivity index (χ1v) is 9.19. The van der Waals surface area contributed by atoms with E-state index in [1.165, 1.54) is 18.3 Å². The third kappa shape index (κ3) is 3.52. The van der Waals surface area contributed by atoms with Gasteiger partial charge < -0.3 is 5.32 Å². The second kappa shape index (κ2) is 7.44. The van der Waals surface area contributed by atoms with Crippen LogP contribution in [-0.2, 0) is 4.79 Å². The zero-order valence-electron chi connectivity index (χ0n) is 16.5. The molecule has 0 saturated carbocycles. The van der Waals surface area contributed by atoms with Gasteiger partial charge in [0, 0.05) is 11.8 Å². The molecule has 3 heterocycles. The predicted octanol–water partition coefficient (Wildman–Crippen LogP) is 2.03. The van der Waals surface area contributed by atoms with Crippen LogP contribution in [0.15, 0.2) is 42.6 Å². The highest BCUT2D eigenvalue weighted by atomic mass is 16.6. The third-order valence-corrected chi connectivity index (χ3v) is 4.73. The number of carbonyl (C=O) groups excluding carboxylic acids is 3. The lowest BCUT2D eigenvalue weighted by atomic mass is 10.1. The average Bonchev–Trinajstić information content (AvgIpc) is 3.19. The molecule has 0 aliphatic carbocycles. The van der Waals surface area contributed by atoms with Gasteiger partial charge in [0.15, 0.2) is 5.82 Å². The van der Waals surface area contributed by atoms with E-state index in [0.29, 0.717) is 16.4 Å². The Morgan fingerprint density at radius 1 is 1.16 bits per heavy atom. The Balaban J connectivity index is 1.47. The van der Waals surface area contributed by atoms with Crippen molar-refractivity contribution in [1.82, 2.24) is 19.7 Å². The van der Waals surface area contributed by atoms with E-state index in [9.17, 15) is 24.5 Å². The lowest BCUT2D eigenvalue weighted by Crippen LogP contribution is -2.37. The summed E-state index contributed by atoms with van der Waals surface area (Å²) in [5, 5.41) is 18.1. The van der Waals surface area contributed by atoms with Crippen LogP contribution in [0.5, 0.6) is 0 Å². The van der Waals surface area contributed by atoms with Crippen molar-refractivity contribution in [3.8, 4) is 5.82 Å². The number of rotatable bonds is 5. The van der Waals surface area contributed by atoms with Gasteiger partial charge >= 0.3 is 0 Å². The Labute approximate surface area is 175 Å². The van der Waals surface area contributed by atoms with Gasteiger partial charge in [-0.2, -0.15) is 5.10 Å². The molecule has 0 saturated heterocycles. The van der Waals surface area contributed by atoms with Crippen LogP contribution < -0.4 is 5.32 Å². The van der Waals surface area contributed by atoms with Gasteiger partial charge in [-0.25, -0.2) is 9.67 Å². The topological polar surface area (TPSA) is 140 Å². The number of nitrogens with one attached hydrogen (secondary N) is 1. The van der Waals surface area contributed by atoms with E-state index in [2.05, 4.69) is 15.4 Å². The Hall–Kier alpha value is -4.41. The fourth-order valence-corrected chi connectivity index (χ4v) is 3.40. The molecule has 2 aromatic heterocycles. The normalized spacial score (nSPS) is 12.8. The number of hydrogen-bond donors (Lipinski definition) is 1. The van der Waals surface area contributed by atoms with E-state index in [1.54, 1.807) is 16.8 Å². The summed E-state index contributed by atoms with van der Waals surface area (Å²) in [7, 11) is 0. The number of aromatic nitrogens is 3. The summed E-state index contributed by atoms with van der Waals surface area (Å²) < 4.78 is 1.66. The van der Waals surface area contributed by atoms with Crippen molar-refractivity contribution >= 4 is 29.1 Å². The molecule has 3 amide bonds. The van der Waals surface area contributed by atoms with Crippen molar-refractivity contribution in [3.63, 3.8) is 0 Å². The number of fused-ring (bicyclic) bond motifs is 1. The standard InChI is InChI=1S/C20H16N6O5/c1-11-8-12(2)25(23-11)16-7-6-13(9-21-16)22-17(27)10-24-19(28)14-4-3-5-15(26(30)31)18(14)20(24)29/h3-9H,10H2,1-2H3,(H,22,27). The van der Waals surface area contributed by atoms with Crippen molar-refractivity contribution in [2.75, 3.05) is 11.9 Å². The summed E-state index contributed by atoms with van der Waals surface area (Å²) in [5.74, 6) is -1.70. The van der Waals surface area contributed by atoms with E-state index in [1.807, 2.05) is 19.9 Å². The van der Waals surface area contributed by atoms with Gasteiger partial charge in [0.05, 0.1) is 28.1 Å². The molecule has 1 aromatic carbocycles. The number of hydrogen-bond acceptors (Lipinski definition) is 7. The van der Waals surface area contributed by atoms with Crippen LogP contribution in [0.25, 0.3) is 5.82 Å². The van der Waals surface area contributed by atoms with Crippen molar-refractivity contribution in [1.29, 1.82) is 0 Å². The Kier molecular flexibility index (Phi) is 4.78. The average molecular weight is 420 g/mol. The van der Waals surface area contributed by atoms with E-state index in [-0.39, 0.29) is 11.1 Å². The SMILES string of the molecule is Cc1cc(C)n(-c2ccc(NC(=O)CN3C(=O)c4cccc([N+](=O)[O-])c4C3=O)cn2)n1. The van der Waals surface area contributed by atoms with Crippen LogP contribution >= 0.6 is 0 Å². The Morgan fingerprint density at radius 3 is 2.55 bits per heavy atom. The van der Waals surface area contributed by atoms with Crippen LogP contribution in [0, 0.1) is 24.0 Å². The number of carbonyl (C=O) groups is 3. The summed E-state index contributed by atoms with van der Waals surface area (Å²) in [6.45, 7) is 3.18. The number of nitrogens with zero attached hydrogens (tertiary/aromatic N) is 5. The molecule has 0 unspecified atom stereocenters. The molecule has 0 radical (unpaired) electrons. The molecule has 1 N–H and O–H groups in total. The lowest BCUT2D eigenvalue weighted by molar-refractivity contribution is -0.385. The van der Waals surface area contributed by atoms with E-state index in [0.717, 1.165) is 17.5 Å². The van der Waals surface area contributed by atoms with E-state index >= 15 is 0 Å². The summed E-state index contributed by atoms with van der Waals surface area (Å²) in [6.07, 6.45) is 1.43. The molecule has 0 spiro atoms. The van der Waals surface area contributed by atoms with Gasteiger partial charge in [-0.05, 0) is 38.1 Å². The van der Waals surface area contributed by atoms with E-state index in [4.69, 9.17) is 0 Å². The molecular weight excluding hydrogens is 404 g/mol. The van der Waals surface area contributed by atoms with Gasteiger partial charge in [0.25, 0.3) is 17.5 Å². The molecule has 1 aliphatic heterocycles. The van der Waals surface area contributed by atoms with Gasteiger partial charge in [-0.3, -0.25) is 29.4 Å². The number of imide groups is 1. The number of nitro benzene ring substituents is 1. The summed E-state index contributed by atoms with van der Waals surface area (Å²) in [4.78, 5) is 52.8. The molecular formula is C20H16N6O5. The highest BCUT2D eigenvalue weighted by Crippen LogP contribution is 2.30. The first kappa shape index (κ1) is 19.9. The number of aryl methyl sites for hydroxylation is 2. The van der Waals surface area contributed by atoms with Gasteiger partial charge in [-0.1, -0.05) is 6.07 Å². The molecule has 31 heavy (non-hydrogen) atoms. The highest BCUT2D eigenvalue weighted by Gasteiger charge is 2.41. The maximum absolute atomic E-state index is 12.6. The first-order valence-electron chi connectivity index (χ1n) is 9.19. The molecule has 11 heteroatoms. The summed E-state index contributed by atoms with van der Waals surface area (Å²) >= 11 is 0. The predicted molar refractivity (Wildman–Crippen MR) is 108 cm³/mol. The lowest BCUT2D eigenvalue weighted by Gasteiger charge is -2.13. The summed E-state index contributed by atoms with van der Waals surface area (Å²) in [6, 6.07) is 8.97. The second-order valence-electron chi connectivity index (χ2n) is 6.95. The molecule has 4 rings (SSSR count). The van der Waals surface area contributed by atoms with Crippen molar-refractivity contribution in [2.45, 2.75) is 13.8 Å².